The zero-order valence-electron chi connectivity index (χ0n) is 10.3. The van der Waals surface area contributed by atoms with Gasteiger partial charge in [0.05, 0.1) is 28.9 Å². The van der Waals surface area contributed by atoms with Crippen LogP contribution in [0.3, 0.4) is 0 Å². The highest BCUT2D eigenvalue weighted by molar-refractivity contribution is 5.76. The number of anilines is 2. The molecule has 2 aromatic heterocycles. The van der Waals surface area contributed by atoms with Crippen molar-refractivity contribution in [1.29, 1.82) is 5.26 Å². The number of aryl methyl sites for hydroxylation is 1. The van der Waals surface area contributed by atoms with Crippen LogP contribution in [0.25, 0.3) is 11.0 Å². The summed E-state index contributed by atoms with van der Waals surface area (Å²) >= 11 is 0. The Morgan fingerprint density at radius 1 is 1.21 bits per heavy atom. The topological polar surface area (TPSA) is 66.5 Å². The lowest BCUT2D eigenvalue weighted by Gasteiger charge is -2.04. The number of hydrogen-bond donors (Lipinski definition) is 1. The molecule has 0 aliphatic rings. The van der Waals surface area contributed by atoms with Gasteiger partial charge >= 0.3 is 0 Å². The maximum atomic E-state index is 8.74. The first kappa shape index (κ1) is 11.2. The van der Waals surface area contributed by atoms with Gasteiger partial charge in [-0.15, -0.1) is 0 Å². The van der Waals surface area contributed by atoms with Crippen molar-refractivity contribution in [2.75, 3.05) is 5.32 Å². The van der Waals surface area contributed by atoms with E-state index < -0.39 is 0 Å². The summed E-state index contributed by atoms with van der Waals surface area (Å²) in [5, 5.41) is 11.9. The van der Waals surface area contributed by atoms with Crippen LogP contribution in [0.1, 0.15) is 5.56 Å². The van der Waals surface area contributed by atoms with E-state index in [-0.39, 0.29) is 0 Å². The standard InChI is InChI=1S/C14H11N5/c1-19-7-6-12-13(19)9-16-14(18-12)17-11-4-2-10(8-15)3-5-11/h2-7,9H,1H3,(H,16,17,18). The van der Waals surface area contributed by atoms with Gasteiger partial charge in [-0.2, -0.15) is 5.26 Å². The lowest BCUT2D eigenvalue weighted by molar-refractivity contribution is 0.963. The van der Waals surface area contributed by atoms with Gasteiger partial charge < -0.3 is 9.88 Å². The smallest absolute Gasteiger partial charge is 0.227 e. The van der Waals surface area contributed by atoms with Crippen molar-refractivity contribution < 1.29 is 0 Å². The fourth-order valence-corrected chi connectivity index (χ4v) is 1.86. The molecular formula is C14H11N5. The fraction of sp³-hybridized carbons (Fsp3) is 0.0714. The van der Waals surface area contributed by atoms with Crippen LogP contribution in [0.5, 0.6) is 0 Å². The number of fused-ring (bicyclic) bond motifs is 1. The Hall–Kier alpha value is -2.87. The number of nitrogens with one attached hydrogen (secondary N) is 1. The molecule has 5 heteroatoms. The lowest BCUT2D eigenvalue weighted by Crippen LogP contribution is -1.97. The lowest BCUT2D eigenvalue weighted by atomic mass is 10.2. The summed E-state index contributed by atoms with van der Waals surface area (Å²) in [7, 11) is 1.96. The van der Waals surface area contributed by atoms with Crippen molar-refractivity contribution in [3.63, 3.8) is 0 Å². The third kappa shape index (κ3) is 2.11. The van der Waals surface area contributed by atoms with Gasteiger partial charge in [0, 0.05) is 18.9 Å². The maximum absolute atomic E-state index is 8.74. The second-order valence-electron chi connectivity index (χ2n) is 4.20. The van der Waals surface area contributed by atoms with Gasteiger partial charge in [-0.3, -0.25) is 0 Å². The molecule has 3 aromatic rings. The Morgan fingerprint density at radius 3 is 2.74 bits per heavy atom. The molecule has 0 aliphatic carbocycles. The molecule has 0 atom stereocenters. The third-order valence-electron chi connectivity index (χ3n) is 2.90. The summed E-state index contributed by atoms with van der Waals surface area (Å²) in [5.41, 5.74) is 3.37. The Morgan fingerprint density at radius 2 is 2.00 bits per heavy atom. The molecule has 1 N–H and O–H groups in total. The molecule has 5 nitrogen and oxygen atoms in total. The largest absolute Gasteiger partial charge is 0.348 e. The normalized spacial score (nSPS) is 10.3. The molecular weight excluding hydrogens is 238 g/mol. The molecule has 3 rings (SSSR count). The van der Waals surface area contributed by atoms with Crippen LogP contribution in [-0.4, -0.2) is 14.5 Å². The van der Waals surface area contributed by atoms with Gasteiger partial charge in [0.2, 0.25) is 5.95 Å². The quantitative estimate of drug-likeness (QED) is 0.758. The molecule has 2 heterocycles. The van der Waals surface area contributed by atoms with Crippen LogP contribution < -0.4 is 5.32 Å². The van der Waals surface area contributed by atoms with Gasteiger partial charge in [-0.05, 0) is 30.3 Å². The number of hydrogen-bond acceptors (Lipinski definition) is 4. The Balaban J connectivity index is 1.90. The molecule has 0 fully saturated rings. The average molecular weight is 249 g/mol. The molecule has 0 spiro atoms. The van der Waals surface area contributed by atoms with Gasteiger partial charge in [-0.25, -0.2) is 9.97 Å². The van der Waals surface area contributed by atoms with Crippen molar-refractivity contribution in [3.8, 4) is 6.07 Å². The minimum absolute atomic E-state index is 0.545. The summed E-state index contributed by atoms with van der Waals surface area (Å²) in [6.45, 7) is 0. The molecule has 0 radical (unpaired) electrons. The van der Waals surface area contributed by atoms with Crippen LogP contribution >= 0.6 is 0 Å². The first-order valence-corrected chi connectivity index (χ1v) is 5.81. The van der Waals surface area contributed by atoms with E-state index in [0.717, 1.165) is 16.7 Å². The van der Waals surface area contributed by atoms with Crippen molar-refractivity contribution in [1.82, 2.24) is 14.5 Å². The second kappa shape index (κ2) is 4.42. The average Bonchev–Trinajstić information content (AvgIpc) is 2.81. The molecule has 0 unspecified atom stereocenters. The van der Waals surface area contributed by atoms with Gasteiger partial charge in [0.25, 0.3) is 0 Å². The van der Waals surface area contributed by atoms with Gasteiger partial charge in [-0.1, -0.05) is 0 Å². The maximum Gasteiger partial charge on any atom is 0.227 e. The number of aromatic nitrogens is 3. The highest BCUT2D eigenvalue weighted by Crippen LogP contribution is 2.17. The first-order chi connectivity index (χ1) is 9.26. The summed E-state index contributed by atoms with van der Waals surface area (Å²) in [6.07, 6.45) is 3.74. The monoisotopic (exact) mass is 249 g/mol. The molecule has 92 valence electrons. The van der Waals surface area contributed by atoms with E-state index in [9.17, 15) is 0 Å². The zero-order chi connectivity index (χ0) is 13.2. The summed E-state index contributed by atoms with van der Waals surface area (Å²) < 4.78 is 1.97. The Labute approximate surface area is 110 Å². The van der Waals surface area contributed by atoms with Crippen LogP contribution in [0, 0.1) is 11.3 Å². The van der Waals surface area contributed by atoms with Crippen LogP contribution in [0.4, 0.5) is 11.6 Å². The number of nitriles is 1. The highest BCUT2D eigenvalue weighted by atomic mass is 15.1. The molecule has 19 heavy (non-hydrogen) atoms. The van der Waals surface area contributed by atoms with E-state index in [1.54, 1.807) is 18.3 Å². The molecule has 0 amide bonds. The minimum Gasteiger partial charge on any atom is -0.348 e. The van der Waals surface area contributed by atoms with Gasteiger partial charge in [0.1, 0.15) is 0 Å². The van der Waals surface area contributed by atoms with Crippen molar-refractivity contribution >= 4 is 22.7 Å². The van der Waals surface area contributed by atoms with E-state index in [1.165, 1.54) is 0 Å². The van der Waals surface area contributed by atoms with E-state index >= 15 is 0 Å². The second-order valence-corrected chi connectivity index (χ2v) is 4.20. The summed E-state index contributed by atoms with van der Waals surface area (Å²) in [6, 6.07) is 11.2. The minimum atomic E-state index is 0.545. The third-order valence-corrected chi connectivity index (χ3v) is 2.90. The predicted octanol–water partition coefficient (Wildman–Crippen LogP) is 2.58. The Bertz CT molecular complexity index is 765. The van der Waals surface area contributed by atoms with Crippen LogP contribution in [0.15, 0.2) is 42.7 Å². The van der Waals surface area contributed by atoms with E-state index in [0.29, 0.717) is 11.5 Å². The van der Waals surface area contributed by atoms with E-state index in [4.69, 9.17) is 5.26 Å². The molecule has 0 saturated carbocycles. The van der Waals surface area contributed by atoms with Crippen LogP contribution in [-0.2, 0) is 7.05 Å². The van der Waals surface area contributed by atoms with Crippen molar-refractivity contribution in [3.05, 3.63) is 48.3 Å². The first-order valence-electron chi connectivity index (χ1n) is 5.81. The highest BCUT2D eigenvalue weighted by Gasteiger charge is 2.03. The molecule has 1 aromatic carbocycles. The zero-order valence-corrected chi connectivity index (χ0v) is 10.3. The van der Waals surface area contributed by atoms with Crippen molar-refractivity contribution in [2.24, 2.45) is 7.05 Å². The van der Waals surface area contributed by atoms with Crippen molar-refractivity contribution in [2.45, 2.75) is 0 Å². The summed E-state index contributed by atoms with van der Waals surface area (Å²) in [4.78, 5) is 8.70. The molecule has 0 saturated heterocycles. The molecule has 0 aliphatic heterocycles. The number of rotatable bonds is 2. The summed E-state index contributed by atoms with van der Waals surface area (Å²) in [5.74, 6) is 0.545. The Kier molecular flexibility index (Phi) is 2.62. The molecule has 0 bridgehead atoms. The van der Waals surface area contributed by atoms with Gasteiger partial charge in [0.15, 0.2) is 0 Å². The van der Waals surface area contributed by atoms with E-state index in [1.807, 2.05) is 36.0 Å². The van der Waals surface area contributed by atoms with E-state index in [2.05, 4.69) is 21.4 Å². The number of benzene rings is 1. The number of nitrogens with zero attached hydrogens (tertiary/aromatic N) is 4. The fourth-order valence-electron chi connectivity index (χ4n) is 1.86. The SMILES string of the molecule is Cn1ccc2nc(Nc3ccc(C#N)cc3)ncc21. The van der Waals surface area contributed by atoms with Crippen LogP contribution in [0.2, 0.25) is 0 Å². The predicted molar refractivity (Wildman–Crippen MR) is 72.9 cm³/mol.